The number of benzene rings is 1. The molecule has 1 saturated carbocycles. The lowest BCUT2D eigenvalue weighted by atomic mass is 9.47. The second-order valence-corrected chi connectivity index (χ2v) is 9.17. The summed E-state index contributed by atoms with van der Waals surface area (Å²) in [6.45, 7) is 2.10. The zero-order valence-corrected chi connectivity index (χ0v) is 17.2. The number of carboxylic acids is 1. The van der Waals surface area contributed by atoms with Crippen LogP contribution in [0.15, 0.2) is 18.2 Å². The molecule has 0 radical (unpaired) electrons. The molecule has 1 aliphatic heterocycles. The zero-order valence-electron chi connectivity index (χ0n) is 17.2. The molecular weight excluding hydrogens is 388 g/mol. The number of aliphatic hydroxyl groups is 1. The average Bonchev–Trinajstić information content (AvgIpc) is 2.66. The first-order chi connectivity index (χ1) is 14.1. The highest BCUT2D eigenvalue weighted by Gasteiger charge is 2.66. The number of amides is 1. The fraction of sp³-hybridized carbons (Fsp3) is 0.591. The molecule has 162 valence electrons. The summed E-state index contributed by atoms with van der Waals surface area (Å²) >= 11 is 0. The number of hydrogen-bond donors (Lipinski definition) is 4. The Hall–Kier alpha value is -2.45. The number of aliphatic carboxylic acids is 1. The Morgan fingerprint density at radius 3 is 2.80 bits per heavy atom. The highest BCUT2D eigenvalue weighted by molar-refractivity contribution is 5.91. The van der Waals surface area contributed by atoms with Gasteiger partial charge in [0, 0.05) is 30.2 Å². The highest BCUT2D eigenvalue weighted by Crippen LogP contribution is 2.58. The van der Waals surface area contributed by atoms with Gasteiger partial charge in [-0.15, -0.1) is 0 Å². The highest BCUT2D eigenvalue weighted by atomic mass is 16.4. The van der Waals surface area contributed by atoms with E-state index in [1.54, 1.807) is 12.1 Å². The van der Waals surface area contributed by atoms with Crippen molar-refractivity contribution in [1.29, 1.82) is 0 Å². The first kappa shape index (κ1) is 20.8. The number of piperidine rings is 1. The van der Waals surface area contributed by atoms with Gasteiger partial charge in [0.25, 0.3) is 0 Å². The van der Waals surface area contributed by atoms with Crippen molar-refractivity contribution >= 4 is 17.7 Å². The predicted octanol–water partition coefficient (Wildman–Crippen LogP) is 0.580. The van der Waals surface area contributed by atoms with Crippen LogP contribution in [0.3, 0.4) is 0 Å². The standard InChI is InChI=1S/C22H28N2O6/c1-12(20(28)29)23-19(27)8-14-10-22(30)18-7-13-3-4-15(25)9-16(13)21(22,11-17(14)26)5-6-24(18)2/h3-4,9,12,14,18,25,30H,5-8,10-11H2,1-2H3,(H,23,27)(H,28,29). The molecule has 1 heterocycles. The number of hydrogen-bond acceptors (Lipinski definition) is 6. The van der Waals surface area contributed by atoms with Gasteiger partial charge in [-0.3, -0.25) is 14.4 Å². The smallest absolute Gasteiger partial charge is 0.325 e. The van der Waals surface area contributed by atoms with E-state index >= 15 is 0 Å². The summed E-state index contributed by atoms with van der Waals surface area (Å²) in [7, 11) is 1.96. The molecule has 2 aliphatic carbocycles. The number of fused-ring (bicyclic) bond motifs is 1. The molecule has 5 atom stereocenters. The van der Waals surface area contributed by atoms with Gasteiger partial charge in [0.1, 0.15) is 17.6 Å². The van der Waals surface area contributed by atoms with Crippen LogP contribution in [0.2, 0.25) is 0 Å². The molecule has 1 aromatic carbocycles. The molecule has 4 rings (SSSR count). The molecule has 5 unspecified atom stereocenters. The lowest BCUT2D eigenvalue weighted by Gasteiger charge is -2.63. The largest absolute Gasteiger partial charge is 0.508 e. The van der Waals surface area contributed by atoms with Crippen molar-refractivity contribution in [2.45, 2.75) is 62.1 Å². The summed E-state index contributed by atoms with van der Waals surface area (Å²) in [5.41, 5.74) is -0.120. The van der Waals surface area contributed by atoms with Gasteiger partial charge in [0.05, 0.1) is 5.60 Å². The van der Waals surface area contributed by atoms with Crippen LogP contribution < -0.4 is 5.32 Å². The van der Waals surface area contributed by atoms with Crippen molar-refractivity contribution in [2.75, 3.05) is 13.6 Å². The average molecular weight is 416 g/mol. The van der Waals surface area contributed by atoms with Crippen molar-refractivity contribution < 1.29 is 29.7 Å². The topological polar surface area (TPSA) is 127 Å². The van der Waals surface area contributed by atoms with Gasteiger partial charge in [-0.05, 0) is 63.0 Å². The summed E-state index contributed by atoms with van der Waals surface area (Å²) in [5, 5.41) is 33.5. The number of rotatable bonds is 4. The predicted molar refractivity (Wildman–Crippen MR) is 107 cm³/mol. The lowest BCUT2D eigenvalue weighted by Crippen LogP contribution is -2.73. The number of nitrogens with one attached hydrogen (secondary N) is 1. The molecule has 2 bridgehead atoms. The molecule has 3 aliphatic rings. The van der Waals surface area contributed by atoms with Crippen LogP contribution in [0, 0.1) is 5.92 Å². The Labute approximate surface area is 174 Å². The fourth-order valence-electron chi connectivity index (χ4n) is 5.88. The van der Waals surface area contributed by atoms with Crippen LogP contribution in [-0.4, -0.2) is 69.2 Å². The Kier molecular flexibility index (Phi) is 4.90. The molecule has 1 saturated heterocycles. The number of carboxylic acid groups (broad SMARTS) is 1. The van der Waals surface area contributed by atoms with Crippen LogP contribution in [0.5, 0.6) is 5.75 Å². The number of phenolic OH excluding ortho intramolecular Hbond substituents is 1. The summed E-state index contributed by atoms with van der Waals surface area (Å²) in [6.07, 6.45) is 1.31. The van der Waals surface area contributed by atoms with Gasteiger partial charge in [-0.1, -0.05) is 6.07 Å². The van der Waals surface area contributed by atoms with E-state index in [9.17, 15) is 24.6 Å². The zero-order chi connectivity index (χ0) is 21.8. The van der Waals surface area contributed by atoms with Gasteiger partial charge in [-0.25, -0.2) is 0 Å². The number of carbonyl (C=O) groups excluding carboxylic acids is 2. The van der Waals surface area contributed by atoms with Crippen molar-refractivity contribution in [2.24, 2.45) is 5.92 Å². The van der Waals surface area contributed by atoms with E-state index in [4.69, 9.17) is 5.11 Å². The maximum Gasteiger partial charge on any atom is 0.325 e. The summed E-state index contributed by atoms with van der Waals surface area (Å²) in [6, 6.07) is 3.95. The number of likely N-dealkylation sites (N-methyl/N-ethyl adjacent to an activating group) is 1. The molecule has 8 nitrogen and oxygen atoms in total. The van der Waals surface area contributed by atoms with Crippen molar-refractivity contribution in [1.82, 2.24) is 10.2 Å². The third-order valence-corrected chi connectivity index (χ3v) is 7.49. The van der Waals surface area contributed by atoms with Crippen LogP contribution >= 0.6 is 0 Å². The molecule has 2 fully saturated rings. The van der Waals surface area contributed by atoms with Gasteiger partial charge < -0.3 is 25.5 Å². The summed E-state index contributed by atoms with van der Waals surface area (Å²) in [5.74, 6) is -2.31. The third kappa shape index (κ3) is 3.01. The number of carbonyl (C=O) groups is 3. The van der Waals surface area contributed by atoms with Crippen molar-refractivity contribution in [3.05, 3.63) is 29.3 Å². The Morgan fingerprint density at radius 2 is 2.10 bits per heavy atom. The quantitative estimate of drug-likeness (QED) is 0.565. The van der Waals surface area contributed by atoms with E-state index < -0.39 is 34.9 Å². The first-order valence-corrected chi connectivity index (χ1v) is 10.4. The number of Topliss-reactive ketones (excluding diaryl/α,β-unsaturated/α-hetero) is 1. The number of ketones is 1. The minimum Gasteiger partial charge on any atom is -0.508 e. The van der Waals surface area contributed by atoms with Gasteiger partial charge in [0.2, 0.25) is 5.91 Å². The molecule has 30 heavy (non-hydrogen) atoms. The minimum atomic E-state index is -1.21. The number of likely N-dealkylation sites (tertiary alicyclic amines) is 1. The Morgan fingerprint density at radius 1 is 1.37 bits per heavy atom. The number of nitrogens with zero attached hydrogens (tertiary/aromatic N) is 1. The van der Waals surface area contributed by atoms with E-state index in [0.717, 1.165) is 17.7 Å². The minimum absolute atomic E-state index is 0.0997. The summed E-state index contributed by atoms with van der Waals surface area (Å²) in [4.78, 5) is 38.6. The van der Waals surface area contributed by atoms with Gasteiger partial charge in [0.15, 0.2) is 0 Å². The van der Waals surface area contributed by atoms with Crippen molar-refractivity contribution in [3.8, 4) is 5.75 Å². The molecular formula is C22H28N2O6. The first-order valence-electron chi connectivity index (χ1n) is 10.4. The third-order valence-electron chi connectivity index (χ3n) is 7.49. The molecule has 0 spiro atoms. The monoisotopic (exact) mass is 416 g/mol. The molecule has 1 aromatic rings. The van der Waals surface area contributed by atoms with Crippen LogP contribution in [0.4, 0.5) is 0 Å². The lowest BCUT2D eigenvalue weighted by molar-refractivity contribution is -0.179. The molecule has 8 heteroatoms. The molecule has 1 amide bonds. The van der Waals surface area contributed by atoms with E-state index in [0.29, 0.717) is 12.8 Å². The number of aromatic hydroxyl groups is 1. The number of phenols is 1. The van der Waals surface area contributed by atoms with E-state index in [1.165, 1.54) is 6.92 Å². The normalized spacial score (nSPS) is 33.9. The molecule has 4 N–H and O–H groups in total. The molecule has 0 aromatic heterocycles. The SMILES string of the molecule is CC(NC(=O)CC1CC2(O)C3Cc4ccc(O)cc4C2(CCN3C)CC1=O)C(=O)O. The van der Waals surface area contributed by atoms with E-state index in [2.05, 4.69) is 10.2 Å². The fourth-order valence-corrected chi connectivity index (χ4v) is 5.88. The van der Waals surface area contributed by atoms with Crippen LogP contribution in [0.25, 0.3) is 0 Å². The van der Waals surface area contributed by atoms with Crippen molar-refractivity contribution in [3.63, 3.8) is 0 Å². The second-order valence-electron chi connectivity index (χ2n) is 9.17. The summed E-state index contributed by atoms with van der Waals surface area (Å²) < 4.78 is 0. The maximum atomic E-state index is 13.1. The van der Waals surface area contributed by atoms with Crippen LogP contribution in [-0.2, 0) is 26.2 Å². The van der Waals surface area contributed by atoms with Crippen LogP contribution in [0.1, 0.15) is 43.7 Å². The van der Waals surface area contributed by atoms with Gasteiger partial charge in [-0.2, -0.15) is 0 Å². The maximum absolute atomic E-state index is 13.1. The Balaban J connectivity index is 1.67. The van der Waals surface area contributed by atoms with E-state index in [-0.39, 0.29) is 36.8 Å². The van der Waals surface area contributed by atoms with Gasteiger partial charge >= 0.3 is 5.97 Å². The second kappa shape index (κ2) is 7.06. The van der Waals surface area contributed by atoms with E-state index in [1.807, 2.05) is 13.1 Å². The Bertz CT molecular complexity index is 917.